The molecule has 6 heteroatoms. The highest BCUT2D eigenvalue weighted by Crippen LogP contribution is 2.01. The number of aromatic nitrogens is 3. The lowest BCUT2D eigenvalue weighted by molar-refractivity contribution is 0.0694. The lowest BCUT2D eigenvalue weighted by Gasteiger charge is -2.09. The van der Waals surface area contributed by atoms with Crippen molar-refractivity contribution in [1.82, 2.24) is 14.5 Å². The molecule has 0 spiro atoms. The van der Waals surface area contributed by atoms with Gasteiger partial charge < -0.3 is 9.67 Å². The molecule has 0 radical (unpaired) electrons. The lowest BCUT2D eigenvalue weighted by Crippen LogP contribution is -2.28. The molecule has 0 unspecified atom stereocenters. The summed E-state index contributed by atoms with van der Waals surface area (Å²) in [6.07, 6.45) is 3.15. The van der Waals surface area contributed by atoms with E-state index in [0.717, 1.165) is 0 Å². The second-order valence-corrected chi connectivity index (χ2v) is 3.75. The van der Waals surface area contributed by atoms with Crippen LogP contribution in [0.2, 0.25) is 0 Å². The van der Waals surface area contributed by atoms with Gasteiger partial charge in [0.25, 0.3) is 5.56 Å². The molecule has 1 N–H and O–H groups in total. The number of carboxylic acid groups (broad SMARTS) is 1. The van der Waals surface area contributed by atoms with Gasteiger partial charge in [-0.3, -0.25) is 4.79 Å². The minimum absolute atomic E-state index is 0.159. The molecule has 0 atom stereocenters. The van der Waals surface area contributed by atoms with Crippen LogP contribution in [0, 0.1) is 6.92 Å². The van der Waals surface area contributed by atoms with Gasteiger partial charge in [0.15, 0.2) is 0 Å². The molecule has 2 rings (SSSR count). The highest BCUT2D eigenvalue weighted by Gasteiger charge is 2.12. The topological polar surface area (TPSA) is 85.1 Å². The van der Waals surface area contributed by atoms with Crippen LogP contribution in [0.25, 0.3) is 0 Å². The van der Waals surface area contributed by atoms with Gasteiger partial charge >= 0.3 is 5.97 Å². The third-order valence-corrected chi connectivity index (χ3v) is 2.54. The Morgan fingerprint density at radius 1 is 1.33 bits per heavy atom. The molecule has 0 aliphatic carbocycles. The fourth-order valence-electron chi connectivity index (χ4n) is 1.58. The fraction of sp³-hybridized carbons (Fsp3) is 0.167. The van der Waals surface area contributed by atoms with Gasteiger partial charge in [0.2, 0.25) is 0 Å². The third kappa shape index (κ3) is 2.27. The predicted octanol–water partition coefficient (Wildman–Crippen LogP) is 0.693. The molecule has 0 fully saturated rings. The van der Waals surface area contributed by atoms with Crippen LogP contribution in [-0.4, -0.2) is 25.6 Å². The zero-order valence-corrected chi connectivity index (χ0v) is 9.70. The van der Waals surface area contributed by atoms with Crippen molar-refractivity contribution < 1.29 is 9.90 Å². The number of hydrogen-bond acceptors (Lipinski definition) is 4. The Kier molecular flexibility index (Phi) is 3.18. The van der Waals surface area contributed by atoms with Crippen LogP contribution in [-0.2, 0) is 6.54 Å². The molecule has 92 valence electrons. The summed E-state index contributed by atoms with van der Waals surface area (Å²) in [4.78, 5) is 30.9. The number of carboxylic acids is 1. The SMILES string of the molecule is Cc1ccc(C(=O)O)c(=O)n1Cc1ncccn1. The number of rotatable bonds is 3. The minimum Gasteiger partial charge on any atom is -0.477 e. The summed E-state index contributed by atoms with van der Waals surface area (Å²) < 4.78 is 1.35. The second-order valence-electron chi connectivity index (χ2n) is 3.75. The molecule has 0 saturated heterocycles. The first kappa shape index (κ1) is 12.0. The smallest absolute Gasteiger partial charge is 0.341 e. The molecule has 0 bridgehead atoms. The molecule has 6 nitrogen and oxygen atoms in total. The largest absolute Gasteiger partial charge is 0.477 e. The Balaban J connectivity index is 2.48. The second kappa shape index (κ2) is 4.79. The molecular formula is C12H11N3O3. The zero-order chi connectivity index (χ0) is 13.1. The maximum absolute atomic E-state index is 12.0. The van der Waals surface area contributed by atoms with Gasteiger partial charge in [0, 0.05) is 18.1 Å². The van der Waals surface area contributed by atoms with Crippen molar-refractivity contribution in [2.75, 3.05) is 0 Å². The Labute approximate surface area is 103 Å². The van der Waals surface area contributed by atoms with E-state index in [1.54, 1.807) is 31.5 Å². The van der Waals surface area contributed by atoms with Gasteiger partial charge in [-0.2, -0.15) is 0 Å². The van der Waals surface area contributed by atoms with Crippen LogP contribution in [0.15, 0.2) is 35.4 Å². The third-order valence-electron chi connectivity index (χ3n) is 2.54. The van der Waals surface area contributed by atoms with Crippen molar-refractivity contribution in [3.05, 3.63) is 58.0 Å². The molecule has 2 aromatic rings. The molecule has 0 aromatic carbocycles. The van der Waals surface area contributed by atoms with E-state index in [2.05, 4.69) is 9.97 Å². The van der Waals surface area contributed by atoms with Crippen molar-refractivity contribution in [2.24, 2.45) is 0 Å². The molecule has 0 saturated carbocycles. The molecular weight excluding hydrogens is 234 g/mol. The maximum Gasteiger partial charge on any atom is 0.341 e. The van der Waals surface area contributed by atoms with Crippen LogP contribution in [0.4, 0.5) is 0 Å². The van der Waals surface area contributed by atoms with Crippen LogP contribution in [0.1, 0.15) is 21.9 Å². The van der Waals surface area contributed by atoms with E-state index in [0.29, 0.717) is 11.5 Å². The summed E-state index contributed by atoms with van der Waals surface area (Å²) in [6.45, 7) is 1.89. The van der Waals surface area contributed by atoms with Crippen molar-refractivity contribution in [1.29, 1.82) is 0 Å². The standard InChI is InChI=1S/C12H11N3O3/c1-8-3-4-9(12(17)18)11(16)15(8)7-10-13-5-2-6-14-10/h2-6H,7H2,1H3,(H,17,18). The Morgan fingerprint density at radius 2 is 2.00 bits per heavy atom. The van der Waals surface area contributed by atoms with E-state index in [1.807, 2.05) is 0 Å². The number of nitrogens with zero attached hydrogens (tertiary/aromatic N) is 3. The first-order valence-corrected chi connectivity index (χ1v) is 5.29. The first-order chi connectivity index (χ1) is 8.59. The average molecular weight is 245 g/mol. The molecule has 2 heterocycles. The van der Waals surface area contributed by atoms with E-state index < -0.39 is 11.5 Å². The minimum atomic E-state index is -1.23. The Hall–Kier alpha value is -2.50. The first-order valence-electron chi connectivity index (χ1n) is 5.29. The van der Waals surface area contributed by atoms with Crippen LogP contribution in [0.5, 0.6) is 0 Å². The molecule has 0 amide bonds. The van der Waals surface area contributed by atoms with Crippen molar-refractivity contribution in [3.63, 3.8) is 0 Å². The van der Waals surface area contributed by atoms with Crippen molar-refractivity contribution in [3.8, 4) is 0 Å². The summed E-state index contributed by atoms with van der Waals surface area (Å²) in [7, 11) is 0. The van der Waals surface area contributed by atoms with E-state index >= 15 is 0 Å². The Morgan fingerprint density at radius 3 is 2.61 bits per heavy atom. The van der Waals surface area contributed by atoms with Gasteiger partial charge in [-0.25, -0.2) is 14.8 Å². The number of pyridine rings is 1. The monoisotopic (exact) mass is 245 g/mol. The summed E-state index contributed by atoms with van der Waals surface area (Å²) >= 11 is 0. The number of aryl methyl sites for hydroxylation is 1. The highest BCUT2D eigenvalue weighted by molar-refractivity contribution is 5.87. The van der Waals surface area contributed by atoms with Gasteiger partial charge in [0.1, 0.15) is 11.4 Å². The normalized spacial score (nSPS) is 10.3. The van der Waals surface area contributed by atoms with Gasteiger partial charge in [-0.05, 0) is 25.1 Å². The van der Waals surface area contributed by atoms with Gasteiger partial charge in [-0.1, -0.05) is 0 Å². The van der Waals surface area contributed by atoms with Crippen LogP contribution >= 0.6 is 0 Å². The number of hydrogen-bond donors (Lipinski definition) is 1. The quantitative estimate of drug-likeness (QED) is 0.860. The summed E-state index contributed by atoms with van der Waals surface area (Å²) in [5.41, 5.74) is -0.135. The summed E-state index contributed by atoms with van der Waals surface area (Å²) in [6, 6.07) is 4.57. The van der Waals surface area contributed by atoms with Crippen molar-refractivity contribution >= 4 is 5.97 Å². The molecule has 0 aliphatic heterocycles. The van der Waals surface area contributed by atoms with Crippen LogP contribution in [0.3, 0.4) is 0 Å². The van der Waals surface area contributed by atoms with Crippen LogP contribution < -0.4 is 5.56 Å². The van der Waals surface area contributed by atoms with E-state index in [9.17, 15) is 9.59 Å². The predicted molar refractivity (Wildman–Crippen MR) is 63.5 cm³/mol. The Bertz CT molecular complexity index is 635. The fourth-order valence-corrected chi connectivity index (χ4v) is 1.58. The molecule has 0 aliphatic rings. The molecule has 18 heavy (non-hydrogen) atoms. The van der Waals surface area contributed by atoms with Crippen molar-refractivity contribution in [2.45, 2.75) is 13.5 Å². The average Bonchev–Trinajstić information content (AvgIpc) is 2.35. The lowest BCUT2D eigenvalue weighted by atomic mass is 10.2. The van der Waals surface area contributed by atoms with E-state index in [-0.39, 0.29) is 12.1 Å². The summed E-state index contributed by atoms with van der Waals surface area (Å²) in [5, 5.41) is 8.90. The highest BCUT2D eigenvalue weighted by atomic mass is 16.4. The summed E-state index contributed by atoms with van der Waals surface area (Å²) in [5.74, 6) is -0.770. The van der Waals surface area contributed by atoms with E-state index in [1.165, 1.54) is 10.6 Å². The van der Waals surface area contributed by atoms with Gasteiger partial charge in [-0.15, -0.1) is 0 Å². The maximum atomic E-state index is 12.0. The number of aromatic carboxylic acids is 1. The van der Waals surface area contributed by atoms with Gasteiger partial charge in [0.05, 0.1) is 6.54 Å². The van der Waals surface area contributed by atoms with E-state index in [4.69, 9.17) is 5.11 Å². The number of carbonyl (C=O) groups is 1. The zero-order valence-electron chi connectivity index (χ0n) is 9.70. The molecule has 2 aromatic heterocycles.